The smallest absolute Gasteiger partial charge is 0.230 e. The van der Waals surface area contributed by atoms with Crippen molar-refractivity contribution in [3.63, 3.8) is 0 Å². The molecule has 2 atom stereocenters. The van der Waals surface area contributed by atoms with Crippen molar-refractivity contribution < 1.29 is 14.4 Å². The highest BCUT2D eigenvalue weighted by atomic mass is 16.2. The summed E-state index contributed by atoms with van der Waals surface area (Å²) >= 11 is 0. The summed E-state index contributed by atoms with van der Waals surface area (Å²) in [5, 5.41) is 0. The highest BCUT2D eigenvalue weighted by Crippen LogP contribution is 2.37. The molecule has 0 bridgehead atoms. The normalized spacial score (nSPS) is 24.5. The lowest BCUT2D eigenvalue weighted by atomic mass is 9.77. The number of nitrogens with zero attached hydrogens (tertiary/aromatic N) is 3. The molecule has 0 aromatic heterocycles. The maximum atomic E-state index is 13.5. The van der Waals surface area contributed by atoms with Crippen molar-refractivity contribution in [3.05, 3.63) is 29.8 Å². The number of piperidine rings is 1. The van der Waals surface area contributed by atoms with Crippen LogP contribution in [0.15, 0.2) is 24.3 Å². The van der Waals surface area contributed by atoms with E-state index in [9.17, 15) is 14.4 Å². The second-order valence-corrected chi connectivity index (χ2v) is 9.20. The summed E-state index contributed by atoms with van der Waals surface area (Å²) in [6.07, 6.45) is 5.92. The second-order valence-electron chi connectivity index (χ2n) is 9.20. The number of fused-ring (bicyclic) bond motifs is 1. The molecule has 1 aromatic rings. The van der Waals surface area contributed by atoms with Gasteiger partial charge in [-0.3, -0.25) is 14.4 Å². The maximum absolute atomic E-state index is 13.5. The lowest BCUT2D eigenvalue weighted by molar-refractivity contribution is -0.146. The first-order chi connectivity index (χ1) is 14.5. The molecule has 2 unspecified atom stereocenters. The molecular formula is C24H33N3O3. The highest BCUT2D eigenvalue weighted by molar-refractivity contribution is 5.99. The van der Waals surface area contributed by atoms with Gasteiger partial charge in [0.2, 0.25) is 17.7 Å². The first-order valence-electron chi connectivity index (χ1n) is 11.4. The summed E-state index contributed by atoms with van der Waals surface area (Å²) in [6, 6.07) is 8.11. The van der Waals surface area contributed by atoms with Crippen molar-refractivity contribution in [2.24, 2.45) is 17.8 Å². The molecule has 3 aliphatic rings. The fourth-order valence-corrected chi connectivity index (χ4v) is 5.44. The Balaban J connectivity index is 1.43. The fraction of sp³-hybridized carbons (Fsp3) is 0.625. The summed E-state index contributed by atoms with van der Waals surface area (Å²) in [6.45, 7) is 1.95. The van der Waals surface area contributed by atoms with Gasteiger partial charge in [0.25, 0.3) is 0 Å². The molecule has 2 aliphatic heterocycles. The topological polar surface area (TPSA) is 60.9 Å². The Hall–Kier alpha value is -2.37. The van der Waals surface area contributed by atoms with Crippen LogP contribution in [0.4, 0.5) is 5.69 Å². The van der Waals surface area contributed by atoms with Crippen molar-refractivity contribution in [1.82, 2.24) is 9.80 Å². The number of hydrogen-bond acceptors (Lipinski definition) is 3. The van der Waals surface area contributed by atoms with Gasteiger partial charge in [-0.15, -0.1) is 0 Å². The van der Waals surface area contributed by atoms with Crippen LogP contribution in [0.1, 0.15) is 44.1 Å². The number of anilines is 1. The maximum Gasteiger partial charge on any atom is 0.230 e. The molecule has 2 heterocycles. The molecule has 1 aromatic carbocycles. The Morgan fingerprint density at radius 1 is 0.867 bits per heavy atom. The Bertz CT molecular complexity index is 814. The molecule has 1 saturated carbocycles. The zero-order valence-electron chi connectivity index (χ0n) is 18.2. The summed E-state index contributed by atoms with van der Waals surface area (Å²) < 4.78 is 0. The molecule has 6 heteroatoms. The van der Waals surface area contributed by atoms with Crippen LogP contribution in [-0.2, 0) is 20.8 Å². The van der Waals surface area contributed by atoms with E-state index in [0.29, 0.717) is 32.5 Å². The van der Waals surface area contributed by atoms with E-state index in [1.807, 2.05) is 28.0 Å². The van der Waals surface area contributed by atoms with Gasteiger partial charge in [-0.2, -0.15) is 0 Å². The lowest BCUT2D eigenvalue weighted by Gasteiger charge is -2.38. The molecule has 162 valence electrons. The number of carbonyl (C=O) groups is 3. The fourth-order valence-electron chi connectivity index (χ4n) is 5.44. The number of para-hydroxylation sites is 1. The first kappa shape index (κ1) is 20.9. The van der Waals surface area contributed by atoms with Crippen LogP contribution in [0.3, 0.4) is 0 Å². The number of likely N-dealkylation sites (tertiary alicyclic amines) is 1. The van der Waals surface area contributed by atoms with Crippen LogP contribution < -0.4 is 4.90 Å². The van der Waals surface area contributed by atoms with Crippen molar-refractivity contribution in [1.29, 1.82) is 0 Å². The van der Waals surface area contributed by atoms with Crippen molar-refractivity contribution in [2.45, 2.75) is 44.9 Å². The van der Waals surface area contributed by atoms with E-state index in [2.05, 4.69) is 6.07 Å². The number of carbonyl (C=O) groups excluding carboxylic acids is 3. The molecule has 0 spiro atoms. The van der Waals surface area contributed by atoms with E-state index in [-0.39, 0.29) is 35.5 Å². The average molecular weight is 412 g/mol. The molecule has 0 radical (unpaired) electrons. The van der Waals surface area contributed by atoms with Gasteiger partial charge in [-0.05, 0) is 43.7 Å². The second kappa shape index (κ2) is 8.78. The van der Waals surface area contributed by atoms with Crippen molar-refractivity contribution >= 4 is 23.4 Å². The molecule has 4 rings (SSSR count). The van der Waals surface area contributed by atoms with E-state index in [1.165, 1.54) is 5.56 Å². The van der Waals surface area contributed by atoms with E-state index in [1.54, 1.807) is 19.0 Å². The van der Waals surface area contributed by atoms with Crippen molar-refractivity contribution in [3.8, 4) is 0 Å². The van der Waals surface area contributed by atoms with E-state index < -0.39 is 0 Å². The van der Waals surface area contributed by atoms with Gasteiger partial charge >= 0.3 is 0 Å². The predicted molar refractivity (Wildman–Crippen MR) is 116 cm³/mol. The number of amides is 3. The van der Waals surface area contributed by atoms with Gasteiger partial charge in [0.15, 0.2) is 0 Å². The molecule has 3 amide bonds. The van der Waals surface area contributed by atoms with Crippen LogP contribution in [-0.4, -0.2) is 61.3 Å². The lowest BCUT2D eigenvalue weighted by Crippen LogP contribution is -2.49. The van der Waals surface area contributed by atoms with Crippen LogP contribution in [0.2, 0.25) is 0 Å². The predicted octanol–water partition coefficient (Wildman–Crippen LogP) is 2.71. The molecule has 1 saturated heterocycles. The third-order valence-corrected chi connectivity index (χ3v) is 7.15. The van der Waals surface area contributed by atoms with Crippen LogP contribution in [0.5, 0.6) is 0 Å². The molecule has 1 aliphatic carbocycles. The third-order valence-electron chi connectivity index (χ3n) is 7.15. The molecular weight excluding hydrogens is 378 g/mol. The van der Waals surface area contributed by atoms with E-state index in [4.69, 9.17) is 0 Å². The van der Waals surface area contributed by atoms with Gasteiger partial charge in [0.05, 0.1) is 5.92 Å². The van der Waals surface area contributed by atoms with Crippen LogP contribution in [0, 0.1) is 17.8 Å². The average Bonchev–Trinajstić information content (AvgIpc) is 3.22. The molecule has 30 heavy (non-hydrogen) atoms. The Labute approximate surface area is 179 Å². The van der Waals surface area contributed by atoms with Crippen LogP contribution in [0.25, 0.3) is 0 Å². The van der Waals surface area contributed by atoms with E-state index >= 15 is 0 Å². The van der Waals surface area contributed by atoms with E-state index in [0.717, 1.165) is 37.8 Å². The minimum atomic E-state index is -0.224. The zero-order chi connectivity index (χ0) is 21.3. The minimum absolute atomic E-state index is 0.00827. The summed E-state index contributed by atoms with van der Waals surface area (Å²) in [5.41, 5.74) is 2.24. The Morgan fingerprint density at radius 2 is 1.50 bits per heavy atom. The number of rotatable bonds is 3. The zero-order valence-corrected chi connectivity index (χ0v) is 18.2. The molecule has 2 fully saturated rings. The quantitative estimate of drug-likeness (QED) is 0.768. The van der Waals surface area contributed by atoms with Crippen LogP contribution >= 0.6 is 0 Å². The number of benzene rings is 1. The molecule has 0 N–H and O–H groups in total. The summed E-state index contributed by atoms with van der Waals surface area (Å²) in [7, 11) is 3.57. The largest absolute Gasteiger partial charge is 0.349 e. The summed E-state index contributed by atoms with van der Waals surface area (Å²) in [5.74, 6) is -0.0416. The summed E-state index contributed by atoms with van der Waals surface area (Å²) in [4.78, 5) is 44.6. The van der Waals surface area contributed by atoms with Gasteiger partial charge in [0.1, 0.15) is 0 Å². The third kappa shape index (κ3) is 3.96. The van der Waals surface area contributed by atoms with Gasteiger partial charge < -0.3 is 14.7 Å². The van der Waals surface area contributed by atoms with Crippen molar-refractivity contribution in [2.75, 3.05) is 38.6 Å². The molecule has 6 nitrogen and oxygen atoms in total. The number of hydrogen-bond donors (Lipinski definition) is 0. The Kier molecular flexibility index (Phi) is 6.11. The van der Waals surface area contributed by atoms with Gasteiger partial charge in [0, 0.05) is 51.3 Å². The van der Waals surface area contributed by atoms with Gasteiger partial charge in [-0.1, -0.05) is 31.0 Å². The monoisotopic (exact) mass is 411 g/mol. The van der Waals surface area contributed by atoms with Gasteiger partial charge in [-0.25, -0.2) is 0 Å². The minimum Gasteiger partial charge on any atom is -0.349 e. The standard InChI is InChI=1S/C24H33N3O3/c1-25(2)22(28)18-11-14-26(15-12-18)23(29)19-8-4-5-9-20(19)24(30)27-16-13-17-7-3-6-10-21(17)27/h3,6-7,10,18-20H,4-5,8-9,11-16H2,1-2H3. The highest BCUT2D eigenvalue weighted by Gasteiger charge is 2.42. The SMILES string of the molecule is CN(C)C(=O)C1CCN(C(=O)C2CCCCC2C(=O)N2CCc3ccccc32)CC1. The Morgan fingerprint density at radius 3 is 2.17 bits per heavy atom. The first-order valence-corrected chi connectivity index (χ1v) is 11.4.